The summed E-state index contributed by atoms with van der Waals surface area (Å²) >= 11 is 0. The Labute approximate surface area is 185 Å². The van der Waals surface area contributed by atoms with E-state index in [0.717, 1.165) is 0 Å². The molecule has 0 amide bonds. The van der Waals surface area contributed by atoms with Crippen LogP contribution in [0.3, 0.4) is 0 Å². The molecule has 0 radical (unpaired) electrons. The molecule has 36 heavy (non-hydrogen) atoms. The van der Waals surface area contributed by atoms with Gasteiger partial charge in [0.05, 0.1) is 0 Å². The number of carboxylic acid groups (broad SMARTS) is 1. The van der Waals surface area contributed by atoms with E-state index in [-0.39, 0.29) is 6.08 Å². The molecule has 1 N–H and O–H groups in total. The van der Waals surface area contributed by atoms with Crippen LogP contribution < -0.4 is 0 Å². The molecule has 0 aliphatic heterocycles. The van der Waals surface area contributed by atoms with Crippen LogP contribution in [0, 0.1) is 0 Å². The van der Waals surface area contributed by atoms with Gasteiger partial charge >= 0.3 is 59.5 Å². The maximum Gasteiger partial charge on any atom is 0.460 e. The molecule has 0 aliphatic carbocycles. The second-order valence-corrected chi connectivity index (χ2v) is 6.95. The quantitative estimate of drug-likeness (QED) is 0.203. The van der Waals surface area contributed by atoms with Crippen molar-refractivity contribution in [1.82, 2.24) is 0 Å². The summed E-state index contributed by atoms with van der Waals surface area (Å²) in [4.78, 5) is 10.4. The molecule has 0 aromatic carbocycles. The number of alkyl halides is 19. The molecule has 0 aliphatic rings. The zero-order valence-electron chi connectivity index (χ0n) is 16.5. The fourth-order valence-electron chi connectivity index (χ4n) is 2.11. The summed E-state index contributed by atoms with van der Waals surface area (Å²) in [5, 5.41) is 8.38. The summed E-state index contributed by atoms with van der Waals surface area (Å²) in [5.41, 5.74) is -0.940. The third-order valence-electron chi connectivity index (χ3n) is 4.43. The van der Waals surface area contributed by atoms with E-state index < -0.39 is 77.9 Å². The van der Waals surface area contributed by atoms with Gasteiger partial charge in [0.2, 0.25) is 0 Å². The van der Waals surface area contributed by atoms with Gasteiger partial charge < -0.3 is 5.11 Å². The summed E-state index contributed by atoms with van der Waals surface area (Å²) < 4.78 is 249. The number of allylic oxidation sites excluding steroid dienone is 1. The van der Waals surface area contributed by atoms with Crippen molar-refractivity contribution in [3.05, 3.63) is 11.6 Å². The topological polar surface area (TPSA) is 37.3 Å². The lowest BCUT2D eigenvalue weighted by Gasteiger charge is -2.43. The summed E-state index contributed by atoms with van der Waals surface area (Å²) in [5.74, 6) is -68.8. The van der Waals surface area contributed by atoms with Crippen LogP contribution in [0.4, 0.5) is 83.4 Å². The molecular formula is C15H9F19O2. The lowest BCUT2D eigenvalue weighted by atomic mass is 9.86. The van der Waals surface area contributed by atoms with Crippen molar-refractivity contribution in [2.75, 3.05) is 0 Å². The van der Waals surface area contributed by atoms with E-state index in [1.54, 1.807) is 0 Å². The molecule has 0 spiro atoms. The molecule has 0 heterocycles. The fourth-order valence-corrected chi connectivity index (χ4v) is 2.11. The minimum Gasteiger partial charge on any atom is -0.478 e. The SMILES string of the molecule is CC(=CCCC(F)(F)C(F)(F)C(F)(F)C(F)(F)C(F)(F)C(F)(F)C(F)(F)C(F)(F)C(F)(F)F)C(=O)O. The Balaban J connectivity index is 6.69. The average molecular weight is 582 g/mol. The lowest BCUT2D eigenvalue weighted by molar-refractivity contribution is -0.468. The highest BCUT2D eigenvalue weighted by Crippen LogP contribution is 2.65. The Morgan fingerprint density at radius 2 is 0.833 bits per heavy atom. The molecule has 0 aromatic rings. The zero-order chi connectivity index (χ0) is 29.8. The highest BCUT2D eigenvalue weighted by Gasteiger charge is 2.96. The van der Waals surface area contributed by atoms with Gasteiger partial charge in [0, 0.05) is 12.0 Å². The van der Waals surface area contributed by atoms with E-state index in [1.165, 1.54) is 0 Å². The van der Waals surface area contributed by atoms with Crippen molar-refractivity contribution < 1.29 is 93.3 Å². The number of carbonyl (C=O) groups is 1. The van der Waals surface area contributed by atoms with Crippen LogP contribution in [-0.4, -0.2) is 64.6 Å². The van der Waals surface area contributed by atoms with Gasteiger partial charge in [-0.2, -0.15) is 83.4 Å². The summed E-state index contributed by atoms with van der Waals surface area (Å²) in [6.45, 7) is 0.598. The molecule has 0 fully saturated rings. The van der Waals surface area contributed by atoms with Gasteiger partial charge in [0.15, 0.2) is 0 Å². The van der Waals surface area contributed by atoms with E-state index >= 15 is 0 Å². The third-order valence-corrected chi connectivity index (χ3v) is 4.43. The Morgan fingerprint density at radius 1 is 0.556 bits per heavy atom. The van der Waals surface area contributed by atoms with Crippen molar-refractivity contribution in [2.45, 2.75) is 73.3 Å². The van der Waals surface area contributed by atoms with Crippen LogP contribution in [-0.2, 0) is 4.79 Å². The van der Waals surface area contributed by atoms with Gasteiger partial charge in [-0.1, -0.05) is 6.08 Å². The molecule has 21 heteroatoms. The fraction of sp³-hybridized carbons (Fsp3) is 0.800. The monoisotopic (exact) mass is 582 g/mol. The number of rotatable bonds is 11. The molecule has 0 unspecified atom stereocenters. The van der Waals surface area contributed by atoms with Crippen LogP contribution >= 0.6 is 0 Å². The van der Waals surface area contributed by atoms with Gasteiger partial charge in [-0.3, -0.25) is 0 Å². The average Bonchev–Trinajstić information content (AvgIpc) is 2.65. The second-order valence-electron chi connectivity index (χ2n) is 6.95. The van der Waals surface area contributed by atoms with Crippen LogP contribution in [0.25, 0.3) is 0 Å². The Bertz CT molecular complexity index is 851. The van der Waals surface area contributed by atoms with Crippen molar-refractivity contribution in [1.29, 1.82) is 0 Å². The van der Waals surface area contributed by atoms with E-state index in [9.17, 15) is 88.2 Å². The zero-order valence-corrected chi connectivity index (χ0v) is 16.5. The normalized spacial score (nSPS) is 16.4. The minimum atomic E-state index is -8.96. The van der Waals surface area contributed by atoms with E-state index in [1.807, 2.05) is 0 Å². The molecule has 0 saturated carbocycles. The lowest BCUT2D eigenvalue weighted by Crippen LogP contribution is -2.75. The third kappa shape index (κ3) is 4.65. The first kappa shape index (κ1) is 33.9. The summed E-state index contributed by atoms with van der Waals surface area (Å²) in [6.07, 6.45) is -12.3. The van der Waals surface area contributed by atoms with Gasteiger partial charge in [0.1, 0.15) is 0 Å². The molecule has 0 aromatic heterocycles. The first-order valence-electron chi connectivity index (χ1n) is 8.32. The standard InChI is InChI=1S/C15H9F19O2/c1-5(6(35)36)3-2-4-7(16,17)8(18,19)9(20,21)10(22,23)11(24,25)12(26,27)13(28,29)14(30,31)15(32,33)34/h3H,2,4H2,1H3,(H,35,36). The maximum atomic E-state index is 13.6. The molecule has 0 atom stereocenters. The van der Waals surface area contributed by atoms with Gasteiger partial charge in [-0.05, 0) is 13.3 Å². The number of hydrogen-bond donors (Lipinski definition) is 1. The molecule has 0 bridgehead atoms. The number of halogens is 19. The second kappa shape index (κ2) is 9.02. The van der Waals surface area contributed by atoms with E-state index in [0.29, 0.717) is 6.92 Å². The highest BCUT2D eigenvalue weighted by molar-refractivity contribution is 5.85. The number of hydrogen-bond acceptors (Lipinski definition) is 1. The van der Waals surface area contributed by atoms with Crippen molar-refractivity contribution in [2.24, 2.45) is 0 Å². The molecular weight excluding hydrogens is 573 g/mol. The van der Waals surface area contributed by atoms with Crippen molar-refractivity contribution in [3.8, 4) is 0 Å². The smallest absolute Gasteiger partial charge is 0.460 e. The predicted molar refractivity (Wildman–Crippen MR) is 76.3 cm³/mol. The largest absolute Gasteiger partial charge is 0.478 e. The summed E-state index contributed by atoms with van der Waals surface area (Å²) in [7, 11) is 0. The maximum absolute atomic E-state index is 13.6. The van der Waals surface area contributed by atoms with E-state index in [4.69, 9.17) is 5.11 Å². The first-order valence-corrected chi connectivity index (χ1v) is 8.32. The minimum absolute atomic E-state index is 0.0884. The summed E-state index contributed by atoms with van der Waals surface area (Å²) in [6, 6.07) is 0. The van der Waals surface area contributed by atoms with Crippen molar-refractivity contribution >= 4 is 5.97 Å². The highest BCUT2D eigenvalue weighted by atomic mass is 19.4. The Hall–Kier alpha value is -2.12. The molecule has 0 rings (SSSR count). The predicted octanol–water partition coefficient (Wildman–Crippen LogP) is 7.44. The first-order chi connectivity index (χ1) is 15.3. The molecule has 2 nitrogen and oxygen atoms in total. The van der Waals surface area contributed by atoms with Gasteiger partial charge in [-0.15, -0.1) is 0 Å². The van der Waals surface area contributed by atoms with Crippen LogP contribution in [0.15, 0.2) is 11.6 Å². The molecule has 0 saturated heterocycles. The number of aliphatic carboxylic acids is 1. The van der Waals surface area contributed by atoms with Crippen LogP contribution in [0.2, 0.25) is 0 Å². The van der Waals surface area contributed by atoms with Crippen LogP contribution in [0.5, 0.6) is 0 Å². The van der Waals surface area contributed by atoms with Crippen LogP contribution in [0.1, 0.15) is 19.8 Å². The molecule has 214 valence electrons. The van der Waals surface area contributed by atoms with Gasteiger partial charge in [0.25, 0.3) is 0 Å². The van der Waals surface area contributed by atoms with E-state index in [2.05, 4.69) is 0 Å². The Morgan fingerprint density at radius 3 is 1.11 bits per heavy atom. The Kier molecular flexibility index (Phi) is 8.49. The number of carboxylic acids is 1. The van der Waals surface area contributed by atoms with Crippen molar-refractivity contribution in [3.63, 3.8) is 0 Å². The van der Waals surface area contributed by atoms with Gasteiger partial charge in [-0.25, -0.2) is 4.79 Å².